The van der Waals surface area contributed by atoms with Crippen molar-refractivity contribution in [2.75, 3.05) is 20.3 Å². The van der Waals surface area contributed by atoms with Crippen LogP contribution in [0.15, 0.2) is 6.07 Å². The number of fused-ring (bicyclic) bond motifs is 1. The summed E-state index contributed by atoms with van der Waals surface area (Å²) in [4.78, 5) is 0. The molecular formula is C16H22F2O2. The van der Waals surface area contributed by atoms with Gasteiger partial charge < -0.3 is 9.47 Å². The van der Waals surface area contributed by atoms with Gasteiger partial charge in [0, 0.05) is 20.1 Å². The van der Waals surface area contributed by atoms with Crippen molar-refractivity contribution >= 4 is 0 Å². The zero-order chi connectivity index (χ0) is 14.5. The van der Waals surface area contributed by atoms with Crippen molar-refractivity contribution in [2.24, 2.45) is 0 Å². The van der Waals surface area contributed by atoms with Crippen molar-refractivity contribution in [3.63, 3.8) is 0 Å². The summed E-state index contributed by atoms with van der Waals surface area (Å²) in [5.41, 5.74) is 1.83. The maximum absolute atomic E-state index is 14.2. The molecule has 0 saturated heterocycles. The molecule has 0 fully saturated rings. The van der Waals surface area contributed by atoms with Crippen LogP contribution in [-0.2, 0) is 28.7 Å². The number of aryl methyl sites for hydroxylation is 1. The average molecular weight is 284 g/mol. The third kappa shape index (κ3) is 3.36. The van der Waals surface area contributed by atoms with Crippen LogP contribution in [0, 0.1) is 11.6 Å². The Morgan fingerprint density at radius 1 is 1.25 bits per heavy atom. The Kier molecular flexibility index (Phi) is 5.49. The smallest absolute Gasteiger partial charge is 0.162 e. The molecular weight excluding hydrogens is 262 g/mol. The largest absolute Gasteiger partial charge is 0.384 e. The van der Waals surface area contributed by atoms with Gasteiger partial charge in [-0.05, 0) is 42.4 Å². The SMILES string of the molecule is CCCOC1CCc2cc(CCOC)c(F)c(F)c2C1. The van der Waals surface area contributed by atoms with Gasteiger partial charge in [0.05, 0.1) is 12.7 Å². The van der Waals surface area contributed by atoms with E-state index in [0.29, 0.717) is 37.2 Å². The maximum atomic E-state index is 14.2. The summed E-state index contributed by atoms with van der Waals surface area (Å²) in [5.74, 6) is -1.42. The molecule has 20 heavy (non-hydrogen) atoms. The van der Waals surface area contributed by atoms with E-state index < -0.39 is 11.6 Å². The van der Waals surface area contributed by atoms with E-state index in [2.05, 4.69) is 0 Å². The Balaban J connectivity index is 2.18. The lowest BCUT2D eigenvalue weighted by atomic mass is 9.87. The van der Waals surface area contributed by atoms with Crippen LogP contribution >= 0.6 is 0 Å². The van der Waals surface area contributed by atoms with Gasteiger partial charge in [-0.3, -0.25) is 0 Å². The van der Waals surface area contributed by atoms with Gasteiger partial charge in [-0.25, -0.2) is 8.78 Å². The second-order valence-corrected chi connectivity index (χ2v) is 5.28. The van der Waals surface area contributed by atoms with E-state index in [-0.39, 0.29) is 6.10 Å². The molecule has 0 amide bonds. The van der Waals surface area contributed by atoms with Gasteiger partial charge in [0.25, 0.3) is 0 Å². The molecule has 0 aromatic heterocycles. The first-order chi connectivity index (χ1) is 9.67. The normalized spacial score (nSPS) is 18.1. The Labute approximate surface area is 119 Å². The number of methoxy groups -OCH3 is 1. The minimum absolute atomic E-state index is 0.0150. The van der Waals surface area contributed by atoms with Crippen molar-refractivity contribution < 1.29 is 18.3 Å². The van der Waals surface area contributed by atoms with Crippen LogP contribution in [0.25, 0.3) is 0 Å². The molecule has 1 aliphatic carbocycles. The lowest BCUT2D eigenvalue weighted by Crippen LogP contribution is -2.25. The molecule has 1 aliphatic rings. The molecule has 0 bridgehead atoms. The van der Waals surface area contributed by atoms with E-state index in [0.717, 1.165) is 24.8 Å². The van der Waals surface area contributed by atoms with Crippen LogP contribution in [0.4, 0.5) is 8.78 Å². The molecule has 0 heterocycles. The van der Waals surface area contributed by atoms with Gasteiger partial charge >= 0.3 is 0 Å². The molecule has 0 aliphatic heterocycles. The summed E-state index contributed by atoms with van der Waals surface area (Å²) < 4.78 is 38.8. The lowest BCUT2D eigenvalue weighted by Gasteiger charge is -2.26. The fraction of sp³-hybridized carbons (Fsp3) is 0.625. The molecule has 2 rings (SSSR count). The van der Waals surface area contributed by atoms with E-state index in [1.165, 1.54) is 0 Å². The Bertz CT molecular complexity index is 460. The Morgan fingerprint density at radius 3 is 2.75 bits per heavy atom. The minimum Gasteiger partial charge on any atom is -0.384 e. The van der Waals surface area contributed by atoms with Crippen LogP contribution in [0.3, 0.4) is 0 Å². The predicted octanol–water partition coefficient (Wildman–Crippen LogP) is 3.44. The average Bonchev–Trinajstić information content (AvgIpc) is 2.47. The second kappa shape index (κ2) is 7.14. The number of hydrogen-bond acceptors (Lipinski definition) is 2. The number of benzene rings is 1. The van der Waals surface area contributed by atoms with Crippen LogP contribution in [0.2, 0.25) is 0 Å². The van der Waals surface area contributed by atoms with Crippen molar-refractivity contribution in [3.8, 4) is 0 Å². The molecule has 0 radical (unpaired) electrons. The fourth-order valence-corrected chi connectivity index (χ4v) is 2.69. The molecule has 1 unspecified atom stereocenters. The highest BCUT2D eigenvalue weighted by Crippen LogP contribution is 2.29. The van der Waals surface area contributed by atoms with E-state index in [4.69, 9.17) is 9.47 Å². The highest BCUT2D eigenvalue weighted by Gasteiger charge is 2.25. The number of halogens is 2. The van der Waals surface area contributed by atoms with Gasteiger partial charge in [-0.2, -0.15) is 0 Å². The minimum atomic E-state index is -0.725. The van der Waals surface area contributed by atoms with Crippen LogP contribution in [-0.4, -0.2) is 26.4 Å². The predicted molar refractivity (Wildman–Crippen MR) is 74.0 cm³/mol. The van der Waals surface area contributed by atoms with Crippen molar-refractivity contribution in [2.45, 2.75) is 45.1 Å². The van der Waals surface area contributed by atoms with Gasteiger partial charge in [0.2, 0.25) is 0 Å². The van der Waals surface area contributed by atoms with Gasteiger partial charge in [-0.1, -0.05) is 13.0 Å². The molecule has 1 aromatic rings. The molecule has 1 aromatic carbocycles. The van der Waals surface area contributed by atoms with E-state index in [1.54, 1.807) is 13.2 Å². The van der Waals surface area contributed by atoms with Crippen molar-refractivity contribution in [3.05, 3.63) is 34.4 Å². The fourth-order valence-electron chi connectivity index (χ4n) is 2.69. The quantitative estimate of drug-likeness (QED) is 0.796. The van der Waals surface area contributed by atoms with Crippen molar-refractivity contribution in [1.29, 1.82) is 0 Å². The lowest BCUT2D eigenvalue weighted by molar-refractivity contribution is 0.0437. The summed E-state index contributed by atoms with van der Waals surface area (Å²) in [6, 6.07) is 1.79. The number of hydrogen-bond donors (Lipinski definition) is 0. The molecule has 1 atom stereocenters. The zero-order valence-corrected chi connectivity index (χ0v) is 12.2. The number of ether oxygens (including phenoxy) is 2. The first kappa shape index (κ1) is 15.4. The molecule has 4 heteroatoms. The maximum Gasteiger partial charge on any atom is 0.162 e. The topological polar surface area (TPSA) is 18.5 Å². The van der Waals surface area contributed by atoms with E-state index >= 15 is 0 Å². The van der Waals surface area contributed by atoms with Crippen LogP contribution < -0.4 is 0 Å². The van der Waals surface area contributed by atoms with E-state index in [1.807, 2.05) is 6.92 Å². The van der Waals surface area contributed by atoms with Crippen LogP contribution in [0.5, 0.6) is 0 Å². The third-order valence-electron chi connectivity index (χ3n) is 3.78. The summed E-state index contributed by atoms with van der Waals surface area (Å²) in [6.45, 7) is 3.12. The van der Waals surface area contributed by atoms with Crippen molar-refractivity contribution in [1.82, 2.24) is 0 Å². The monoisotopic (exact) mass is 284 g/mol. The third-order valence-corrected chi connectivity index (χ3v) is 3.78. The summed E-state index contributed by atoms with van der Waals surface area (Å²) in [6.07, 6.45) is 3.46. The highest BCUT2D eigenvalue weighted by atomic mass is 19.2. The molecule has 112 valence electrons. The molecule has 0 spiro atoms. The summed E-state index contributed by atoms with van der Waals surface area (Å²) in [5, 5.41) is 0. The first-order valence-electron chi connectivity index (χ1n) is 7.26. The summed E-state index contributed by atoms with van der Waals surface area (Å²) in [7, 11) is 1.56. The molecule has 0 N–H and O–H groups in total. The zero-order valence-electron chi connectivity index (χ0n) is 12.2. The van der Waals surface area contributed by atoms with Crippen LogP contribution in [0.1, 0.15) is 36.5 Å². The summed E-state index contributed by atoms with van der Waals surface area (Å²) >= 11 is 0. The number of rotatable bonds is 6. The van der Waals surface area contributed by atoms with Gasteiger partial charge in [-0.15, -0.1) is 0 Å². The van der Waals surface area contributed by atoms with Gasteiger partial charge in [0.1, 0.15) is 0 Å². The Hall–Kier alpha value is -1.00. The molecule has 2 nitrogen and oxygen atoms in total. The highest BCUT2D eigenvalue weighted by molar-refractivity contribution is 5.37. The standard InChI is InChI=1S/C16H22F2O2/c1-3-7-20-13-5-4-11-9-12(6-8-19-2)15(17)16(18)14(11)10-13/h9,13H,3-8,10H2,1-2H3. The second-order valence-electron chi connectivity index (χ2n) is 5.28. The molecule has 0 saturated carbocycles. The Morgan fingerprint density at radius 2 is 2.05 bits per heavy atom. The first-order valence-corrected chi connectivity index (χ1v) is 7.26. The van der Waals surface area contributed by atoms with Gasteiger partial charge in [0.15, 0.2) is 11.6 Å². The van der Waals surface area contributed by atoms with E-state index in [9.17, 15) is 8.78 Å².